The quantitative estimate of drug-likeness (QED) is 0.620. The van der Waals surface area contributed by atoms with E-state index in [2.05, 4.69) is 0 Å². The molecule has 7 heteroatoms. The van der Waals surface area contributed by atoms with E-state index in [1.807, 2.05) is 36.1 Å². The minimum atomic E-state index is -2.27. The highest BCUT2D eigenvalue weighted by Gasteiger charge is 2.57. The van der Waals surface area contributed by atoms with E-state index in [1.165, 1.54) is 4.57 Å². The summed E-state index contributed by atoms with van der Waals surface area (Å²) < 4.78 is 6.64. The van der Waals surface area contributed by atoms with Crippen molar-refractivity contribution in [1.29, 1.82) is 0 Å². The molecule has 158 valence electrons. The largest absolute Gasteiger partial charge is 0.463 e. The SMILES string of the molecule is CCOC(=O)[C@@]1(O)C[C@H]2C[C@@H](CC)C(=O)N3CCc4c(n(c5ccccc45)C1=O)[C@@H]23. The van der Waals surface area contributed by atoms with Gasteiger partial charge in [0.1, 0.15) is 0 Å². The van der Waals surface area contributed by atoms with Crippen molar-refractivity contribution >= 4 is 28.7 Å². The lowest BCUT2D eigenvalue weighted by molar-refractivity contribution is -0.163. The van der Waals surface area contributed by atoms with E-state index in [0.717, 1.165) is 16.6 Å². The zero-order valence-electron chi connectivity index (χ0n) is 17.3. The van der Waals surface area contributed by atoms with Crippen LogP contribution in [0.5, 0.6) is 0 Å². The van der Waals surface area contributed by atoms with Crippen LogP contribution < -0.4 is 0 Å². The summed E-state index contributed by atoms with van der Waals surface area (Å²) in [6, 6.07) is 7.25. The Balaban J connectivity index is 1.79. The normalized spacial score (nSPS) is 30.2. The molecule has 4 atom stereocenters. The van der Waals surface area contributed by atoms with E-state index in [0.29, 0.717) is 31.3 Å². The molecule has 0 bridgehead atoms. The number of fused-ring (bicyclic) bond motifs is 3. The molecule has 1 aromatic heterocycles. The lowest BCUT2D eigenvalue weighted by atomic mass is 9.73. The van der Waals surface area contributed by atoms with Crippen LogP contribution in [-0.4, -0.2) is 51.1 Å². The molecule has 5 rings (SSSR count). The predicted octanol–water partition coefficient (Wildman–Crippen LogP) is 2.45. The summed E-state index contributed by atoms with van der Waals surface area (Å²) in [5, 5.41) is 12.4. The molecule has 30 heavy (non-hydrogen) atoms. The third kappa shape index (κ3) is 2.38. The van der Waals surface area contributed by atoms with Gasteiger partial charge in [0.2, 0.25) is 11.5 Å². The lowest BCUT2D eigenvalue weighted by Gasteiger charge is -2.46. The maximum Gasteiger partial charge on any atom is 0.348 e. The molecular formula is C23H26N2O5. The van der Waals surface area contributed by atoms with Crippen LogP contribution in [0.15, 0.2) is 24.3 Å². The van der Waals surface area contributed by atoms with Gasteiger partial charge in [-0.25, -0.2) is 4.79 Å². The molecule has 3 aliphatic heterocycles. The molecular weight excluding hydrogens is 384 g/mol. The van der Waals surface area contributed by atoms with Crippen molar-refractivity contribution in [3.05, 3.63) is 35.5 Å². The van der Waals surface area contributed by atoms with Gasteiger partial charge in [-0.2, -0.15) is 0 Å². The minimum Gasteiger partial charge on any atom is -0.463 e. The van der Waals surface area contributed by atoms with Crippen LogP contribution in [0, 0.1) is 11.8 Å². The molecule has 0 saturated carbocycles. The smallest absolute Gasteiger partial charge is 0.348 e. The Labute approximate surface area is 174 Å². The molecule has 0 unspecified atom stereocenters. The second kappa shape index (κ2) is 6.67. The molecule has 1 N–H and O–H groups in total. The van der Waals surface area contributed by atoms with Crippen LogP contribution in [0.4, 0.5) is 0 Å². The number of hydrogen-bond acceptors (Lipinski definition) is 5. The fourth-order valence-corrected chi connectivity index (χ4v) is 5.80. The Morgan fingerprint density at radius 3 is 2.77 bits per heavy atom. The number of para-hydroxylation sites is 1. The number of carbonyl (C=O) groups excluding carboxylic acids is 3. The van der Waals surface area contributed by atoms with Gasteiger partial charge in [0, 0.05) is 24.3 Å². The average molecular weight is 410 g/mol. The van der Waals surface area contributed by atoms with Crippen LogP contribution >= 0.6 is 0 Å². The number of esters is 1. The van der Waals surface area contributed by atoms with E-state index >= 15 is 0 Å². The fraction of sp³-hybridized carbons (Fsp3) is 0.522. The van der Waals surface area contributed by atoms with Crippen LogP contribution in [0.2, 0.25) is 0 Å². The number of carbonyl (C=O) groups is 3. The third-order valence-electron chi connectivity index (χ3n) is 7.13. The van der Waals surface area contributed by atoms with Gasteiger partial charge in [0.05, 0.1) is 23.9 Å². The zero-order valence-corrected chi connectivity index (χ0v) is 17.3. The summed E-state index contributed by atoms with van der Waals surface area (Å²) in [5.74, 6) is -1.83. The number of aliphatic hydroxyl groups is 1. The predicted molar refractivity (Wildman–Crippen MR) is 109 cm³/mol. The maximum atomic E-state index is 13.7. The summed E-state index contributed by atoms with van der Waals surface area (Å²) in [4.78, 5) is 41.6. The van der Waals surface area contributed by atoms with Crippen LogP contribution in [-0.2, 0) is 20.7 Å². The molecule has 4 heterocycles. The van der Waals surface area contributed by atoms with Crippen molar-refractivity contribution in [2.45, 2.75) is 51.2 Å². The number of aromatic nitrogens is 1. The first-order valence-electron chi connectivity index (χ1n) is 10.8. The Kier molecular flexibility index (Phi) is 4.29. The van der Waals surface area contributed by atoms with Crippen molar-refractivity contribution in [2.24, 2.45) is 11.8 Å². The number of amides is 1. The summed E-state index contributed by atoms with van der Waals surface area (Å²) in [6.45, 7) is 4.30. The molecule has 3 aliphatic rings. The van der Waals surface area contributed by atoms with Gasteiger partial charge in [0.25, 0.3) is 5.91 Å². The standard InChI is InChI=1S/C23H26N2O5/c1-3-13-11-14-12-23(29,22(28)30-4-2)21(27)25-17-8-6-5-7-15(17)16-9-10-24(20(13)26)18(14)19(16)25/h5-8,13-14,18,29H,3-4,9-12H2,1-2H3/t13-,14-,18-,23-/m1/s1. The maximum absolute atomic E-state index is 13.7. The topological polar surface area (TPSA) is 88.8 Å². The monoisotopic (exact) mass is 410 g/mol. The van der Waals surface area contributed by atoms with Gasteiger partial charge in [-0.15, -0.1) is 0 Å². The number of ether oxygens (including phenoxy) is 1. The van der Waals surface area contributed by atoms with Crippen molar-refractivity contribution in [3.8, 4) is 0 Å². The average Bonchev–Trinajstić information content (AvgIpc) is 3.04. The van der Waals surface area contributed by atoms with Crippen LogP contribution in [0.3, 0.4) is 0 Å². The van der Waals surface area contributed by atoms with E-state index in [9.17, 15) is 19.5 Å². The minimum absolute atomic E-state index is 0.0366. The molecule has 1 saturated heterocycles. The summed E-state index contributed by atoms with van der Waals surface area (Å²) >= 11 is 0. The molecule has 0 radical (unpaired) electrons. The first kappa shape index (κ1) is 19.3. The highest BCUT2D eigenvalue weighted by molar-refractivity contribution is 6.11. The number of nitrogens with zero attached hydrogens (tertiary/aromatic N) is 2. The first-order chi connectivity index (χ1) is 14.4. The van der Waals surface area contributed by atoms with E-state index in [-0.39, 0.29) is 36.8 Å². The van der Waals surface area contributed by atoms with E-state index in [1.54, 1.807) is 6.92 Å². The Hall–Kier alpha value is -2.67. The van der Waals surface area contributed by atoms with Gasteiger partial charge >= 0.3 is 5.97 Å². The van der Waals surface area contributed by atoms with Crippen LogP contribution in [0.25, 0.3) is 10.9 Å². The molecule has 1 fully saturated rings. The Morgan fingerprint density at radius 2 is 2.03 bits per heavy atom. The van der Waals surface area contributed by atoms with Gasteiger partial charge in [0.15, 0.2) is 0 Å². The van der Waals surface area contributed by atoms with Crippen molar-refractivity contribution < 1.29 is 24.2 Å². The summed E-state index contributed by atoms with van der Waals surface area (Å²) in [7, 11) is 0. The Bertz CT molecular complexity index is 1070. The second-order valence-corrected chi connectivity index (χ2v) is 8.63. The Morgan fingerprint density at radius 1 is 1.27 bits per heavy atom. The van der Waals surface area contributed by atoms with Crippen molar-refractivity contribution in [1.82, 2.24) is 9.47 Å². The lowest BCUT2D eigenvalue weighted by Crippen LogP contribution is -2.53. The van der Waals surface area contributed by atoms with Crippen molar-refractivity contribution in [2.75, 3.05) is 13.2 Å². The first-order valence-corrected chi connectivity index (χ1v) is 10.8. The number of hydrogen-bond donors (Lipinski definition) is 1. The molecule has 1 aromatic carbocycles. The summed E-state index contributed by atoms with van der Waals surface area (Å²) in [5.41, 5.74) is 0.210. The van der Waals surface area contributed by atoms with Crippen LogP contribution in [0.1, 0.15) is 55.2 Å². The van der Waals surface area contributed by atoms with Gasteiger partial charge in [-0.1, -0.05) is 25.1 Å². The van der Waals surface area contributed by atoms with E-state index < -0.39 is 17.5 Å². The van der Waals surface area contributed by atoms with Crippen molar-refractivity contribution in [3.63, 3.8) is 0 Å². The highest BCUT2D eigenvalue weighted by atomic mass is 16.5. The number of piperidine rings is 1. The van der Waals surface area contributed by atoms with E-state index in [4.69, 9.17) is 4.74 Å². The molecule has 0 spiro atoms. The zero-order chi connectivity index (χ0) is 21.2. The second-order valence-electron chi connectivity index (χ2n) is 8.63. The third-order valence-corrected chi connectivity index (χ3v) is 7.13. The molecule has 0 aliphatic carbocycles. The number of rotatable bonds is 3. The number of benzene rings is 1. The van der Waals surface area contributed by atoms with Gasteiger partial charge in [-0.05, 0) is 43.7 Å². The molecule has 2 aromatic rings. The molecule has 1 amide bonds. The highest BCUT2D eigenvalue weighted by Crippen LogP contribution is 2.51. The summed E-state index contributed by atoms with van der Waals surface area (Å²) in [6.07, 6.45) is 1.86. The van der Waals surface area contributed by atoms with Gasteiger partial charge < -0.3 is 14.7 Å². The van der Waals surface area contributed by atoms with Gasteiger partial charge in [-0.3, -0.25) is 14.2 Å². The fourth-order valence-electron chi connectivity index (χ4n) is 5.80. The molecule has 7 nitrogen and oxygen atoms in total.